The van der Waals surface area contributed by atoms with Crippen LogP contribution in [-0.2, 0) is 0 Å². The van der Waals surface area contributed by atoms with Crippen molar-refractivity contribution in [2.45, 2.75) is 0 Å². The van der Waals surface area contributed by atoms with Gasteiger partial charge in [0.1, 0.15) is 6.33 Å². The second-order valence-electron chi connectivity index (χ2n) is 1.66. The summed E-state index contributed by atoms with van der Waals surface area (Å²) in [4.78, 5) is 7.71. The minimum Gasteiger partial charge on any atom is -0.254 e. The first-order valence-corrected chi connectivity index (χ1v) is 2.68. The SMILES string of the molecule is C1=[N+]C(c2ncn[nH]2)=NN1. The Balaban J connectivity index is 2.36. The van der Waals surface area contributed by atoms with Crippen LogP contribution >= 0.6 is 0 Å². The molecule has 2 rings (SSSR count). The van der Waals surface area contributed by atoms with E-state index >= 15 is 0 Å². The molecule has 0 amide bonds. The minimum absolute atomic E-state index is 0.525. The van der Waals surface area contributed by atoms with E-state index in [4.69, 9.17) is 0 Å². The molecule has 0 atom stereocenters. The number of rotatable bonds is 1. The van der Waals surface area contributed by atoms with E-state index in [1.165, 1.54) is 12.7 Å². The first-order valence-electron chi connectivity index (χ1n) is 2.68. The zero-order chi connectivity index (χ0) is 6.81. The maximum Gasteiger partial charge on any atom is 0.379 e. The number of hydrazone groups is 1. The lowest BCUT2D eigenvalue weighted by molar-refractivity contribution is 1.05. The van der Waals surface area contributed by atoms with E-state index in [-0.39, 0.29) is 0 Å². The Labute approximate surface area is 56.1 Å². The van der Waals surface area contributed by atoms with Crippen LogP contribution < -0.4 is 10.4 Å². The Morgan fingerprint density at radius 1 is 1.50 bits per heavy atom. The summed E-state index contributed by atoms with van der Waals surface area (Å²) in [6, 6.07) is 0. The normalized spacial score (nSPS) is 15.0. The van der Waals surface area contributed by atoms with Gasteiger partial charge in [-0.3, -0.25) is 5.10 Å². The molecule has 1 aliphatic heterocycles. The van der Waals surface area contributed by atoms with Gasteiger partial charge < -0.3 is 0 Å². The van der Waals surface area contributed by atoms with E-state index < -0.39 is 0 Å². The third-order valence-electron chi connectivity index (χ3n) is 1.04. The molecule has 1 aromatic heterocycles. The van der Waals surface area contributed by atoms with E-state index in [0.29, 0.717) is 11.7 Å². The average Bonchev–Trinajstić information content (AvgIpc) is 2.59. The Hall–Kier alpha value is -1.72. The van der Waals surface area contributed by atoms with Crippen LogP contribution in [0, 0.1) is 0 Å². The molecule has 0 aromatic carbocycles. The molecule has 2 N–H and O–H groups in total. The largest absolute Gasteiger partial charge is 0.379 e. The maximum atomic E-state index is 3.86. The van der Waals surface area contributed by atoms with E-state index in [1.54, 1.807) is 0 Å². The topological polar surface area (TPSA) is 80.1 Å². The number of H-pyrrole nitrogens is 1. The van der Waals surface area contributed by atoms with E-state index in [2.05, 4.69) is 30.7 Å². The van der Waals surface area contributed by atoms with Crippen molar-refractivity contribution in [1.82, 2.24) is 25.6 Å². The molecule has 0 aliphatic carbocycles. The van der Waals surface area contributed by atoms with Gasteiger partial charge in [-0.1, -0.05) is 4.99 Å². The summed E-state index contributed by atoms with van der Waals surface area (Å²) in [6.45, 7) is 0. The first kappa shape index (κ1) is 5.10. The van der Waals surface area contributed by atoms with Gasteiger partial charge in [-0.25, -0.2) is 4.98 Å². The Morgan fingerprint density at radius 2 is 2.50 bits per heavy atom. The molecule has 49 valence electrons. The highest BCUT2D eigenvalue weighted by molar-refractivity contribution is 6.00. The summed E-state index contributed by atoms with van der Waals surface area (Å²) in [6.07, 6.45) is 2.89. The van der Waals surface area contributed by atoms with Crippen molar-refractivity contribution < 1.29 is 0 Å². The zero-order valence-electron chi connectivity index (χ0n) is 4.94. The molecular formula is C4H4N6+. The van der Waals surface area contributed by atoms with Crippen molar-refractivity contribution in [1.29, 1.82) is 0 Å². The van der Waals surface area contributed by atoms with E-state index in [9.17, 15) is 0 Å². The molecule has 0 saturated carbocycles. The first-order chi connectivity index (χ1) is 4.97. The van der Waals surface area contributed by atoms with Crippen LogP contribution in [0.4, 0.5) is 0 Å². The molecule has 0 unspecified atom stereocenters. The van der Waals surface area contributed by atoms with Crippen LogP contribution in [0.2, 0.25) is 0 Å². The molecule has 1 radical (unpaired) electrons. The Bertz CT molecular complexity index is 270. The molecule has 0 bridgehead atoms. The second-order valence-corrected chi connectivity index (χ2v) is 1.66. The highest BCUT2D eigenvalue weighted by Gasteiger charge is 2.17. The van der Waals surface area contributed by atoms with E-state index in [1.807, 2.05) is 0 Å². The Kier molecular flexibility index (Phi) is 0.970. The summed E-state index contributed by atoms with van der Waals surface area (Å²) >= 11 is 0. The van der Waals surface area contributed by atoms with Gasteiger partial charge in [0.25, 0.3) is 6.34 Å². The lowest BCUT2D eigenvalue weighted by atomic mass is 10.6. The molecule has 0 saturated heterocycles. The summed E-state index contributed by atoms with van der Waals surface area (Å²) in [5, 5.41) is 10.1. The van der Waals surface area contributed by atoms with Gasteiger partial charge >= 0.3 is 5.84 Å². The van der Waals surface area contributed by atoms with Crippen LogP contribution in [0.25, 0.3) is 0 Å². The van der Waals surface area contributed by atoms with Crippen LogP contribution in [-0.4, -0.2) is 27.4 Å². The van der Waals surface area contributed by atoms with E-state index in [0.717, 1.165) is 0 Å². The highest BCUT2D eigenvalue weighted by Crippen LogP contribution is 1.87. The molecule has 1 aromatic rings. The number of nitrogens with one attached hydrogen (secondary N) is 2. The third-order valence-corrected chi connectivity index (χ3v) is 1.04. The molecule has 6 nitrogen and oxygen atoms in total. The number of aromatic nitrogens is 3. The number of amidine groups is 1. The van der Waals surface area contributed by atoms with Crippen LogP contribution in [0.1, 0.15) is 5.82 Å². The van der Waals surface area contributed by atoms with Gasteiger partial charge in [0, 0.05) is 0 Å². The summed E-state index contributed by atoms with van der Waals surface area (Å²) in [5.74, 6) is 1.10. The molecule has 1 aliphatic rings. The van der Waals surface area contributed by atoms with Gasteiger partial charge in [-0.15, -0.1) is 5.43 Å². The molecule has 10 heavy (non-hydrogen) atoms. The molecular weight excluding hydrogens is 132 g/mol. The van der Waals surface area contributed by atoms with Crippen LogP contribution in [0.5, 0.6) is 0 Å². The van der Waals surface area contributed by atoms with Crippen molar-refractivity contribution in [3.05, 3.63) is 12.2 Å². The van der Waals surface area contributed by atoms with Gasteiger partial charge in [0.05, 0.1) is 5.10 Å². The standard InChI is InChI=1S/C4H4N6/c1-5-3(9-7-1)4-6-2-8-10-4/h1-2H,(H,7,9)(H,6,8,10)/q+1. The van der Waals surface area contributed by atoms with Crippen molar-refractivity contribution in [3.8, 4) is 0 Å². The summed E-state index contributed by atoms with van der Waals surface area (Å²) < 4.78 is 0. The van der Waals surface area contributed by atoms with Crippen LogP contribution in [0.15, 0.2) is 11.4 Å². The van der Waals surface area contributed by atoms with Gasteiger partial charge in [0.2, 0.25) is 5.82 Å². The lowest BCUT2D eigenvalue weighted by Gasteiger charge is -1.74. The summed E-state index contributed by atoms with van der Waals surface area (Å²) in [7, 11) is 0. The van der Waals surface area contributed by atoms with Crippen molar-refractivity contribution in [3.63, 3.8) is 0 Å². The zero-order valence-corrected chi connectivity index (χ0v) is 4.94. The molecule has 6 heteroatoms. The number of aliphatic imine (C=N–C) groups is 1. The Morgan fingerprint density at radius 3 is 3.10 bits per heavy atom. The van der Waals surface area contributed by atoms with Gasteiger partial charge in [0.15, 0.2) is 0 Å². The van der Waals surface area contributed by atoms with Crippen molar-refractivity contribution in [2.24, 2.45) is 5.10 Å². The third kappa shape index (κ3) is 0.661. The fourth-order valence-electron chi connectivity index (χ4n) is 0.636. The highest BCUT2D eigenvalue weighted by atomic mass is 15.4. The maximum absolute atomic E-state index is 3.86. The molecule has 2 heterocycles. The lowest BCUT2D eigenvalue weighted by Crippen LogP contribution is -2.05. The predicted octanol–water partition coefficient (Wildman–Crippen LogP) is -1.57. The predicted molar refractivity (Wildman–Crippen MR) is 34.3 cm³/mol. The van der Waals surface area contributed by atoms with Gasteiger partial charge in [-0.2, -0.15) is 5.10 Å². The molecule has 0 fully saturated rings. The minimum atomic E-state index is 0.525. The van der Waals surface area contributed by atoms with Gasteiger partial charge in [-0.05, 0) is 0 Å². The number of aromatic amines is 1. The number of hydrogen-bond acceptors (Lipinski definition) is 5. The number of hydrogen-bond donors (Lipinski definition) is 2. The van der Waals surface area contributed by atoms with Crippen LogP contribution in [0.3, 0.4) is 0 Å². The van der Waals surface area contributed by atoms with Crippen molar-refractivity contribution >= 4 is 12.2 Å². The second kappa shape index (κ2) is 1.90. The summed E-state index contributed by atoms with van der Waals surface area (Å²) in [5.41, 5.74) is 2.57. The number of nitrogens with zero attached hydrogens (tertiary/aromatic N) is 4. The van der Waals surface area contributed by atoms with Crippen molar-refractivity contribution in [2.75, 3.05) is 0 Å². The average molecular weight is 136 g/mol. The quantitative estimate of drug-likeness (QED) is 0.489. The smallest absolute Gasteiger partial charge is 0.254 e. The monoisotopic (exact) mass is 136 g/mol. The fraction of sp³-hybridized carbons (Fsp3) is 0. The fourth-order valence-corrected chi connectivity index (χ4v) is 0.636. The molecule has 0 spiro atoms.